The van der Waals surface area contributed by atoms with Gasteiger partial charge in [0, 0.05) is 0 Å². The average molecular weight is 485 g/mol. The zero-order valence-corrected chi connectivity index (χ0v) is 21.6. The third-order valence-corrected chi connectivity index (χ3v) is 5.29. The van der Waals surface area contributed by atoms with E-state index in [1.54, 1.807) is 53.7 Å². The first kappa shape index (κ1) is 25.0. The highest BCUT2D eigenvalue weighted by atomic mass is 16.6. The molecule has 0 aliphatic rings. The molecule has 0 spiro atoms. The Hall–Kier alpha value is -4.06. The average Bonchev–Trinajstić information content (AvgIpc) is 2.79. The molecule has 0 aliphatic carbocycles. The molecule has 4 aromatic carbocycles. The fourth-order valence-electron chi connectivity index (χ4n) is 3.83. The van der Waals surface area contributed by atoms with Gasteiger partial charge in [-0.1, -0.05) is 60.7 Å². The Morgan fingerprint density at radius 3 is 1.19 bits per heavy atom. The molecule has 0 unspecified atom stereocenters. The molecular weight excluding hydrogens is 452 g/mol. The van der Waals surface area contributed by atoms with Crippen molar-refractivity contribution in [1.29, 1.82) is 0 Å². The monoisotopic (exact) mass is 484 g/mol. The molecule has 4 rings (SSSR count). The van der Waals surface area contributed by atoms with Gasteiger partial charge in [-0.3, -0.25) is 0 Å². The molecule has 0 saturated carbocycles. The molecule has 0 heterocycles. The van der Waals surface area contributed by atoms with E-state index in [9.17, 15) is 9.59 Å². The second-order valence-corrected chi connectivity index (χ2v) is 10.6. The second kappa shape index (κ2) is 9.53. The smallest absolute Gasteiger partial charge is 0.434 e. The van der Waals surface area contributed by atoms with Crippen molar-refractivity contribution < 1.29 is 19.1 Å². The maximum Gasteiger partial charge on any atom is 0.434 e. The summed E-state index contributed by atoms with van der Waals surface area (Å²) in [4.78, 5) is 27.4. The van der Waals surface area contributed by atoms with Crippen LogP contribution in [0.5, 0.6) is 0 Å². The molecule has 2 amide bonds. The largest absolute Gasteiger partial charge is 0.442 e. The molecule has 0 fully saturated rings. The molecule has 0 saturated heterocycles. The molecule has 0 atom stereocenters. The van der Waals surface area contributed by atoms with Crippen LogP contribution in [0, 0.1) is 0 Å². The van der Waals surface area contributed by atoms with Crippen LogP contribution in [-0.2, 0) is 9.47 Å². The SMILES string of the molecule is CC(C)(C)OC(=O)N(c1ccc2ccccc2c1)N(C(=O)OC(C)(C)C)c1ccc2ccccc2c1. The van der Waals surface area contributed by atoms with Gasteiger partial charge in [0.15, 0.2) is 0 Å². The summed E-state index contributed by atoms with van der Waals surface area (Å²) < 4.78 is 11.5. The molecule has 0 bridgehead atoms. The molecular formula is C30H32N2O4. The number of anilines is 2. The summed E-state index contributed by atoms with van der Waals surface area (Å²) >= 11 is 0. The molecule has 186 valence electrons. The number of benzene rings is 4. The fraction of sp³-hybridized carbons (Fsp3) is 0.267. The van der Waals surface area contributed by atoms with E-state index < -0.39 is 23.4 Å². The highest BCUT2D eigenvalue weighted by molar-refractivity contribution is 6.04. The number of nitrogens with zero attached hydrogens (tertiary/aromatic N) is 2. The zero-order valence-electron chi connectivity index (χ0n) is 21.6. The summed E-state index contributed by atoms with van der Waals surface area (Å²) in [6.07, 6.45) is -1.39. The van der Waals surface area contributed by atoms with Gasteiger partial charge >= 0.3 is 12.2 Å². The molecule has 0 aliphatic heterocycles. The van der Waals surface area contributed by atoms with E-state index in [1.165, 1.54) is 10.0 Å². The van der Waals surface area contributed by atoms with Gasteiger partial charge in [-0.15, -0.1) is 0 Å². The van der Waals surface area contributed by atoms with Crippen molar-refractivity contribution in [2.45, 2.75) is 52.7 Å². The maximum absolute atomic E-state index is 13.7. The van der Waals surface area contributed by atoms with Crippen LogP contribution in [0.4, 0.5) is 21.0 Å². The highest BCUT2D eigenvalue weighted by Gasteiger charge is 2.36. The standard InChI is InChI=1S/C30H32N2O4/c1-29(2,3)35-27(33)31(25-17-15-21-11-7-9-13-23(21)19-25)32(28(34)36-30(4,5)6)26-18-16-22-12-8-10-14-24(22)20-26/h7-20H,1-6H3. The quantitative estimate of drug-likeness (QED) is 0.270. The van der Waals surface area contributed by atoms with E-state index in [2.05, 4.69) is 0 Å². The number of ether oxygens (including phenoxy) is 2. The normalized spacial score (nSPS) is 11.8. The lowest BCUT2D eigenvalue weighted by molar-refractivity contribution is 0.0479. The summed E-state index contributed by atoms with van der Waals surface area (Å²) in [6, 6.07) is 26.8. The van der Waals surface area contributed by atoms with Crippen LogP contribution in [-0.4, -0.2) is 23.4 Å². The Labute approximate surface area is 212 Å². The van der Waals surface area contributed by atoms with Gasteiger partial charge in [0.25, 0.3) is 0 Å². The number of amides is 2. The predicted octanol–water partition coefficient (Wildman–Crippen LogP) is 8.09. The van der Waals surface area contributed by atoms with E-state index in [0.717, 1.165) is 21.5 Å². The highest BCUT2D eigenvalue weighted by Crippen LogP contribution is 2.31. The van der Waals surface area contributed by atoms with Gasteiger partial charge in [0.05, 0.1) is 11.4 Å². The molecule has 6 heteroatoms. The van der Waals surface area contributed by atoms with Crippen molar-refractivity contribution in [3.05, 3.63) is 84.9 Å². The lowest BCUT2D eigenvalue weighted by atomic mass is 10.1. The Morgan fingerprint density at radius 2 is 0.861 bits per heavy atom. The van der Waals surface area contributed by atoms with Crippen LogP contribution >= 0.6 is 0 Å². The Kier molecular flexibility index (Phi) is 6.63. The number of hydrogen-bond acceptors (Lipinski definition) is 4. The molecule has 0 radical (unpaired) electrons. The van der Waals surface area contributed by atoms with E-state index in [4.69, 9.17) is 9.47 Å². The second-order valence-electron chi connectivity index (χ2n) is 10.6. The minimum Gasteiger partial charge on any atom is -0.442 e. The van der Waals surface area contributed by atoms with Crippen LogP contribution in [0.1, 0.15) is 41.5 Å². The van der Waals surface area contributed by atoms with Gasteiger partial charge in [0.2, 0.25) is 0 Å². The van der Waals surface area contributed by atoms with Crippen molar-refractivity contribution in [2.75, 3.05) is 10.0 Å². The van der Waals surface area contributed by atoms with Gasteiger partial charge in [-0.2, -0.15) is 10.0 Å². The Balaban J connectivity index is 1.92. The van der Waals surface area contributed by atoms with Crippen LogP contribution < -0.4 is 10.0 Å². The number of fused-ring (bicyclic) bond motifs is 2. The number of carbonyl (C=O) groups excluding carboxylic acids is 2. The van der Waals surface area contributed by atoms with E-state index in [1.807, 2.05) is 72.8 Å². The third kappa shape index (κ3) is 5.77. The van der Waals surface area contributed by atoms with Gasteiger partial charge in [0.1, 0.15) is 11.2 Å². The lowest BCUT2D eigenvalue weighted by Crippen LogP contribution is -2.53. The van der Waals surface area contributed by atoms with E-state index >= 15 is 0 Å². The number of rotatable bonds is 2. The van der Waals surface area contributed by atoms with Crippen molar-refractivity contribution in [3.8, 4) is 0 Å². The van der Waals surface area contributed by atoms with Crippen molar-refractivity contribution in [2.24, 2.45) is 0 Å². The van der Waals surface area contributed by atoms with Crippen molar-refractivity contribution in [3.63, 3.8) is 0 Å². The molecule has 36 heavy (non-hydrogen) atoms. The zero-order chi connectivity index (χ0) is 26.1. The van der Waals surface area contributed by atoms with Crippen LogP contribution in [0.3, 0.4) is 0 Å². The third-order valence-electron chi connectivity index (χ3n) is 5.29. The maximum atomic E-state index is 13.7. The summed E-state index contributed by atoms with van der Waals surface area (Å²) in [5.41, 5.74) is -0.617. The first-order chi connectivity index (χ1) is 16.9. The topological polar surface area (TPSA) is 59.1 Å². The van der Waals surface area contributed by atoms with Crippen LogP contribution in [0.2, 0.25) is 0 Å². The lowest BCUT2D eigenvalue weighted by Gasteiger charge is -2.36. The molecule has 4 aromatic rings. The summed E-state index contributed by atoms with van der Waals surface area (Å²) in [5, 5.41) is 6.36. The van der Waals surface area contributed by atoms with E-state index in [0.29, 0.717) is 11.4 Å². The molecule has 0 N–H and O–H groups in total. The minimum atomic E-state index is -0.783. The van der Waals surface area contributed by atoms with Crippen LogP contribution in [0.25, 0.3) is 21.5 Å². The first-order valence-electron chi connectivity index (χ1n) is 11.9. The minimum absolute atomic E-state index is 0.474. The van der Waals surface area contributed by atoms with Crippen LogP contribution in [0.15, 0.2) is 84.9 Å². The number of carbonyl (C=O) groups is 2. The van der Waals surface area contributed by atoms with E-state index in [-0.39, 0.29) is 0 Å². The van der Waals surface area contributed by atoms with Gasteiger partial charge in [-0.25, -0.2) is 9.59 Å². The summed E-state index contributed by atoms with van der Waals surface area (Å²) in [5.74, 6) is 0. The number of hydrogen-bond donors (Lipinski definition) is 0. The Bertz CT molecular complexity index is 1310. The van der Waals surface area contributed by atoms with Crippen molar-refractivity contribution >= 4 is 45.1 Å². The predicted molar refractivity (Wildman–Crippen MR) is 145 cm³/mol. The summed E-state index contributed by atoms with van der Waals surface area (Å²) in [6.45, 7) is 10.7. The Morgan fingerprint density at radius 1 is 0.528 bits per heavy atom. The number of hydrazine groups is 1. The van der Waals surface area contributed by atoms with Crippen molar-refractivity contribution in [1.82, 2.24) is 0 Å². The first-order valence-corrected chi connectivity index (χ1v) is 11.9. The summed E-state index contributed by atoms with van der Waals surface area (Å²) in [7, 11) is 0. The van der Waals surface area contributed by atoms with Gasteiger partial charge < -0.3 is 9.47 Å². The molecule has 0 aromatic heterocycles. The molecule has 6 nitrogen and oxygen atoms in total. The van der Waals surface area contributed by atoms with Gasteiger partial charge in [-0.05, 0) is 87.4 Å². The fourth-order valence-corrected chi connectivity index (χ4v) is 3.83.